The second-order valence-electron chi connectivity index (χ2n) is 2.01. The minimum absolute atomic E-state index is 0.151. The van der Waals surface area contributed by atoms with E-state index in [1.54, 1.807) is 24.3 Å². The summed E-state index contributed by atoms with van der Waals surface area (Å²) in [6, 6.07) is 6.80. The second-order valence-corrected chi connectivity index (χ2v) is 2.38. The lowest BCUT2D eigenvalue weighted by Crippen LogP contribution is -1.97. The van der Waals surface area contributed by atoms with Crippen LogP contribution in [-0.4, -0.2) is 17.6 Å². The molecule has 0 saturated heterocycles. The Kier molecular flexibility index (Phi) is 3.05. The van der Waals surface area contributed by atoms with Gasteiger partial charge in [0.1, 0.15) is 6.61 Å². The number of aromatic hydroxyl groups is 1. The number of halogens is 1. The van der Waals surface area contributed by atoms with Crippen molar-refractivity contribution in [2.45, 2.75) is 0 Å². The fraction of sp³-hybridized carbons (Fsp3) is 0.250. The van der Waals surface area contributed by atoms with E-state index >= 15 is 0 Å². The highest BCUT2D eigenvalue weighted by Gasteiger charge is 1.97. The molecule has 0 atom stereocenters. The maximum absolute atomic E-state index is 9.17. The lowest BCUT2D eigenvalue weighted by molar-refractivity contribution is 0.320. The van der Waals surface area contributed by atoms with Gasteiger partial charge in [0, 0.05) is 0 Å². The molecule has 0 spiro atoms. The first-order chi connectivity index (χ1) is 5.34. The van der Waals surface area contributed by atoms with Gasteiger partial charge in [-0.3, -0.25) is 0 Å². The molecule has 0 aliphatic carbocycles. The Balaban J connectivity index is 2.62. The van der Waals surface area contributed by atoms with Crippen LogP contribution in [0.1, 0.15) is 0 Å². The van der Waals surface area contributed by atoms with Crippen molar-refractivity contribution in [2.24, 2.45) is 0 Å². The monoisotopic (exact) mass is 172 g/mol. The van der Waals surface area contributed by atoms with Crippen LogP contribution in [0.25, 0.3) is 0 Å². The summed E-state index contributed by atoms with van der Waals surface area (Å²) in [5, 5.41) is 9.17. The molecule has 0 aliphatic heterocycles. The number of hydrogen-bond donors (Lipinski definition) is 1. The van der Waals surface area contributed by atoms with Crippen molar-refractivity contribution in [3.63, 3.8) is 0 Å². The van der Waals surface area contributed by atoms with Crippen LogP contribution >= 0.6 is 11.6 Å². The first kappa shape index (κ1) is 8.21. The van der Waals surface area contributed by atoms with E-state index in [1.807, 2.05) is 0 Å². The molecule has 1 aromatic carbocycles. The molecule has 0 amide bonds. The number of benzene rings is 1. The highest BCUT2D eigenvalue weighted by Crippen LogP contribution is 2.23. The Bertz CT molecular complexity index is 225. The quantitative estimate of drug-likeness (QED) is 0.707. The molecule has 2 nitrogen and oxygen atoms in total. The van der Waals surface area contributed by atoms with Gasteiger partial charge in [-0.15, -0.1) is 11.6 Å². The zero-order valence-electron chi connectivity index (χ0n) is 5.96. The predicted molar refractivity (Wildman–Crippen MR) is 44.3 cm³/mol. The van der Waals surface area contributed by atoms with Crippen LogP contribution in [0.4, 0.5) is 0 Å². The summed E-state index contributed by atoms with van der Waals surface area (Å²) in [4.78, 5) is 0. The van der Waals surface area contributed by atoms with Crippen LogP contribution < -0.4 is 4.74 Å². The van der Waals surface area contributed by atoms with E-state index in [4.69, 9.17) is 21.4 Å². The fourth-order valence-electron chi connectivity index (χ4n) is 0.728. The summed E-state index contributed by atoms with van der Waals surface area (Å²) in [5.41, 5.74) is 0. The minimum Gasteiger partial charge on any atom is -0.504 e. The van der Waals surface area contributed by atoms with E-state index < -0.39 is 0 Å². The minimum atomic E-state index is 0.151. The van der Waals surface area contributed by atoms with Crippen LogP contribution in [0.2, 0.25) is 0 Å². The van der Waals surface area contributed by atoms with Crippen LogP contribution in [0.5, 0.6) is 11.5 Å². The number of hydrogen-bond acceptors (Lipinski definition) is 2. The predicted octanol–water partition coefficient (Wildman–Crippen LogP) is 2.01. The smallest absolute Gasteiger partial charge is 0.160 e. The summed E-state index contributed by atoms with van der Waals surface area (Å²) < 4.78 is 5.10. The molecule has 0 aliphatic rings. The molecule has 0 saturated carbocycles. The van der Waals surface area contributed by atoms with Crippen LogP contribution in [0, 0.1) is 0 Å². The maximum atomic E-state index is 9.17. The summed E-state index contributed by atoms with van der Waals surface area (Å²) in [6.07, 6.45) is 0. The largest absolute Gasteiger partial charge is 0.504 e. The maximum Gasteiger partial charge on any atom is 0.160 e. The van der Waals surface area contributed by atoms with Gasteiger partial charge in [0.25, 0.3) is 0 Å². The Morgan fingerprint density at radius 2 is 2.09 bits per heavy atom. The van der Waals surface area contributed by atoms with Crippen LogP contribution in [0.3, 0.4) is 0 Å². The molecule has 0 unspecified atom stereocenters. The molecular weight excluding hydrogens is 164 g/mol. The standard InChI is InChI=1S/C8H9ClO2/c9-5-6-11-8-4-2-1-3-7(8)10/h1-4,10H,5-6H2. The van der Waals surface area contributed by atoms with Gasteiger partial charge >= 0.3 is 0 Å². The van der Waals surface area contributed by atoms with Gasteiger partial charge in [0.15, 0.2) is 11.5 Å². The third-order valence-corrected chi connectivity index (χ3v) is 1.35. The molecule has 0 bridgehead atoms. The molecule has 1 N–H and O–H groups in total. The number of phenols is 1. The van der Waals surface area contributed by atoms with Crippen LogP contribution in [0.15, 0.2) is 24.3 Å². The van der Waals surface area contributed by atoms with Crippen molar-refractivity contribution in [3.05, 3.63) is 24.3 Å². The average molecular weight is 173 g/mol. The average Bonchev–Trinajstić information content (AvgIpc) is 2.03. The summed E-state index contributed by atoms with van der Waals surface area (Å²) in [6.45, 7) is 0.416. The SMILES string of the molecule is Oc1ccccc1OCCCl. The molecule has 11 heavy (non-hydrogen) atoms. The van der Waals surface area contributed by atoms with Crippen molar-refractivity contribution >= 4 is 11.6 Å². The first-order valence-corrected chi connectivity index (χ1v) is 3.85. The third-order valence-electron chi connectivity index (χ3n) is 1.20. The summed E-state index contributed by atoms with van der Waals surface area (Å²) in [7, 11) is 0. The fourth-order valence-corrected chi connectivity index (χ4v) is 0.805. The van der Waals surface area contributed by atoms with Crippen molar-refractivity contribution in [1.82, 2.24) is 0 Å². The Morgan fingerprint density at radius 3 is 2.73 bits per heavy atom. The van der Waals surface area contributed by atoms with Crippen molar-refractivity contribution in [1.29, 1.82) is 0 Å². The van der Waals surface area contributed by atoms with Crippen molar-refractivity contribution < 1.29 is 9.84 Å². The number of rotatable bonds is 3. The van der Waals surface area contributed by atoms with Gasteiger partial charge in [0.2, 0.25) is 0 Å². The highest BCUT2D eigenvalue weighted by atomic mass is 35.5. The van der Waals surface area contributed by atoms with Crippen molar-refractivity contribution in [2.75, 3.05) is 12.5 Å². The van der Waals surface area contributed by atoms with Crippen LogP contribution in [-0.2, 0) is 0 Å². The normalized spacial score (nSPS) is 9.55. The Morgan fingerprint density at radius 1 is 1.36 bits per heavy atom. The third kappa shape index (κ3) is 2.31. The first-order valence-electron chi connectivity index (χ1n) is 3.31. The van der Waals surface area contributed by atoms with Gasteiger partial charge in [0.05, 0.1) is 5.88 Å². The summed E-state index contributed by atoms with van der Waals surface area (Å²) in [5.74, 6) is 1.06. The molecule has 1 rings (SSSR count). The van der Waals surface area contributed by atoms with Crippen molar-refractivity contribution in [3.8, 4) is 11.5 Å². The number of phenolic OH excluding ortho intramolecular Hbond substituents is 1. The lowest BCUT2D eigenvalue weighted by atomic mass is 10.3. The van der Waals surface area contributed by atoms with Gasteiger partial charge in [-0.05, 0) is 12.1 Å². The molecular formula is C8H9ClO2. The van der Waals surface area contributed by atoms with E-state index in [9.17, 15) is 0 Å². The van der Waals surface area contributed by atoms with E-state index in [0.29, 0.717) is 18.2 Å². The molecule has 1 aromatic rings. The molecule has 60 valence electrons. The van der Waals surface area contributed by atoms with Gasteiger partial charge in [-0.25, -0.2) is 0 Å². The number of ether oxygens (including phenoxy) is 1. The van der Waals surface area contributed by atoms with Gasteiger partial charge in [-0.1, -0.05) is 12.1 Å². The Hall–Kier alpha value is -0.890. The molecule has 3 heteroatoms. The van der Waals surface area contributed by atoms with Gasteiger partial charge < -0.3 is 9.84 Å². The summed E-state index contributed by atoms with van der Waals surface area (Å²) >= 11 is 5.40. The zero-order valence-corrected chi connectivity index (χ0v) is 6.71. The van der Waals surface area contributed by atoms with E-state index in [2.05, 4.69) is 0 Å². The molecule has 0 heterocycles. The van der Waals surface area contributed by atoms with E-state index in [1.165, 1.54) is 0 Å². The van der Waals surface area contributed by atoms with E-state index in [0.717, 1.165) is 0 Å². The number of para-hydroxylation sites is 2. The zero-order chi connectivity index (χ0) is 8.10. The molecule has 0 aromatic heterocycles. The highest BCUT2D eigenvalue weighted by molar-refractivity contribution is 6.18. The lowest BCUT2D eigenvalue weighted by Gasteiger charge is -2.04. The Labute approximate surface area is 70.4 Å². The topological polar surface area (TPSA) is 29.5 Å². The molecule has 0 radical (unpaired) electrons. The van der Waals surface area contributed by atoms with E-state index in [-0.39, 0.29) is 5.75 Å². The number of alkyl halides is 1. The van der Waals surface area contributed by atoms with Gasteiger partial charge in [-0.2, -0.15) is 0 Å². The molecule has 0 fully saturated rings. The second kappa shape index (κ2) is 4.09.